The Morgan fingerprint density at radius 1 is 0.786 bits per heavy atom. The highest BCUT2D eigenvalue weighted by atomic mass is 16.5. The molecule has 23 heteroatoms. The highest BCUT2D eigenvalue weighted by molar-refractivity contribution is 6.13. The third-order valence-corrected chi connectivity index (χ3v) is 15.2. The lowest BCUT2D eigenvalue weighted by Crippen LogP contribution is -2.56. The van der Waals surface area contributed by atoms with Crippen LogP contribution in [0.2, 0.25) is 0 Å². The second kappa shape index (κ2) is 26.3. The van der Waals surface area contributed by atoms with E-state index in [1.54, 1.807) is 107 Å². The molecule has 9 amide bonds. The average molecular weight is 1160 g/mol. The first kappa shape index (κ1) is 61.5. The zero-order chi connectivity index (χ0) is 60.6. The maximum atomic E-state index is 14.1. The quantitative estimate of drug-likeness (QED) is 0.0477. The summed E-state index contributed by atoms with van der Waals surface area (Å²) in [4.78, 5) is 126. The van der Waals surface area contributed by atoms with Crippen LogP contribution in [-0.2, 0) is 38.3 Å². The van der Waals surface area contributed by atoms with Gasteiger partial charge in [-0.2, -0.15) is 0 Å². The van der Waals surface area contributed by atoms with Crippen molar-refractivity contribution in [3.63, 3.8) is 0 Å². The summed E-state index contributed by atoms with van der Waals surface area (Å²) in [6.07, 6.45) is 9.82. The third kappa shape index (κ3) is 14.4. The summed E-state index contributed by atoms with van der Waals surface area (Å²) in [6, 6.07) is 11.0. The van der Waals surface area contributed by atoms with E-state index in [-0.39, 0.29) is 61.7 Å². The molecule has 5 N–H and O–H groups in total. The molecule has 1 saturated heterocycles. The van der Waals surface area contributed by atoms with E-state index in [9.17, 15) is 43.2 Å². The molecule has 4 atom stereocenters. The van der Waals surface area contributed by atoms with Gasteiger partial charge in [0.05, 0.1) is 73.6 Å². The van der Waals surface area contributed by atoms with Crippen molar-refractivity contribution < 1.29 is 66.8 Å². The van der Waals surface area contributed by atoms with E-state index < -0.39 is 58.7 Å². The summed E-state index contributed by atoms with van der Waals surface area (Å²) < 4.78 is 29.5. The van der Waals surface area contributed by atoms with E-state index >= 15 is 0 Å². The van der Waals surface area contributed by atoms with Gasteiger partial charge < -0.3 is 60.1 Å². The number of imide groups is 1. The zero-order valence-electron chi connectivity index (χ0n) is 49.0. The van der Waals surface area contributed by atoms with E-state index in [0.717, 1.165) is 41.0 Å². The van der Waals surface area contributed by atoms with Crippen LogP contribution in [-0.4, -0.2) is 158 Å². The molecule has 5 heterocycles. The van der Waals surface area contributed by atoms with Crippen molar-refractivity contribution in [3.05, 3.63) is 83.6 Å². The number of aliphatic imine (C=N–C) groups is 1. The maximum absolute atomic E-state index is 14.1. The van der Waals surface area contributed by atoms with Gasteiger partial charge in [-0.15, -0.1) is 0 Å². The molecule has 8 rings (SSSR count). The van der Waals surface area contributed by atoms with Gasteiger partial charge in [0.25, 0.3) is 23.6 Å². The molecular formula is C61H75N9O14. The molecule has 84 heavy (non-hydrogen) atoms. The topological polar surface area (TPSA) is 282 Å². The summed E-state index contributed by atoms with van der Waals surface area (Å²) >= 11 is 0. The first-order valence-electron chi connectivity index (χ1n) is 28.3. The lowest BCUT2D eigenvalue weighted by atomic mass is 9.91. The third-order valence-electron chi connectivity index (χ3n) is 15.2. The van der Waals surface area contributed by atoms with Crippen molar-refractivity contribution in [2.45, 2.75) is 123 Å². The second-order valence-electron chi connectivity index (χ2n) is 23.0. The number of nitrogens with one attached hydrogen (secondary N) is 5. The number of anilines is 2. The molecule has 0 aliphatic carbocycles. The number of benzene rings is 3. The second-order valence-corrected chi connectivity index (χ2v) is 23.0. The minimum Gasteiger partial charge on any atom is -0.493 e. The monoisotopic (exact) mass is 1160 g/mol. The molecule has 4 unspecified atom stereocenters. The summed E-state index contributed by atoms with van der Waals surface area (Å²) in [5.41, 5.74) is 1.76. The van der Waals surface area contributed by atoms with E-state index in [4.69, 9.17) is 28.7 Å². The Morgan fingerprint density at radius 3 is 2.10 bits per heavy atom. The average Bonchev–Trinajstić information content (AvgIpc) is 3.51. The number of hydrogen-bond donors (Lipinski definition) is 5. The first-order valence-corrected chi connectivity index (χ1v) is 28.3. The lowest BCUT2D eigenvalue weighted by molar-refractivity contribution is -0.141. The molecule has 0 aromatic heterocycles. The van der Waals surface area contributed by atoms with Crippen molar-refractivity contribution in [2.75, 3.05) is 64.3 Å². The number of unbranched alkanes of at least 4 members (excludes halogenated alkanes) is 2. The highest BCUT2D eigenvalue weighted by Crippen LogP contribution is 2.41. The standard InChI is InChI=1S/C61H75N9O14/c1-35(2)53(67-59(79)60(4,5)34-84-61(6,7)33-63-50(71)21-23-69-51(72)19-20-52(69)73)56(76)64-36(3)54(74)65-39-17-15-37(16-18-39)38-26-40-31-62-43-29-48(46(80-8)27-41(43)58(78)70(40)32-38)82-24-11-10-12-25-83-49-30-44-42(28-47(49)81-9)57(77)68-22-13-14-45(68)55(75)66-44/h15-20,27-32,35-36,40,45,53H,10-14,21-26,33-34H2,1-9H3,(H,63,71)(H,64,76)(H,65,74)(H,66,75)(H,67,79). The molecule has 5 aliphatic rings. The number of carbonyl (C=O) groups excluding carboxylic acids is 9. The zero-order valence-corrected chi connectivity index (χ0v) is 49.0. The van der Waals surface area contributed by atoms with Gasteiger partial charge in [-0.3, -0.25) is 53.0 Å². The molecule has 5 aliphatic heterocycles. The molecular weight excluding hydrogens is 1080 g/mol. The number of nitrogens with zero attached hydrogens (tertiary/aromatic N) is 4. The Balaban J connectivity index is 0.771. The van der Waals surface area contributed by atoms with Crippen LogP contribution < -0.4 is 45.5 Å². The van der Waals surface area contributed by atoms with Crippen molar-refractivity contribution in [2.24, 2.45) is 16.3 Å². The SMILES string of the molecule is COc1cc2c(cc1OCCCCCOc1cc3c(cc1OC)C(=O)N1CCCC1C(=O)N3)N=CC1CC(c3ccc(NC(=O)C(C)NC(=O)C(NC(=O)C(C)(C)COC(C)(C)CNC(=O)CCN4C(=O)C=CC4=O)C(C)C)cc3)=CN1C2=O. The Morgan fingerprint density at radius 2 is 1.44 bits per heavy atom. The van der Waals surface area contributed by atoms with Crippen molar-refractivity contribution in [1.29, 1.82) is 0 Å². The van der Waals surface area contributed by atoms with Crippen LogP contribution in [0.15, 0.2) is 71.9 Å². The number of rotatable bonds is 26. The predicted molar refractivity (Wildman–Crippen MR) is 311 cm³/mol. The Hall–Kier alpha value is -8.60. The van der Waals surface area contributed by atoms with Gasteiger partial charge >= 0.3 is 0 Å². The normalized spacial score (nSPS) is 18.0. The highest BCUT2D eigenvalue weighted by Gasteiger charge is 2.40. The number of fused-ring (bicyclic) bond motifs is 4. The molecule has 0 radical (unpaired) electrons. The minimum atomic E-state index is -1.11. The van der Waals surface area contributed by atoms with E-state index in [1.807, 2.05) is 12.1 Å². The van der Waals surface area contributed by atoms with Crippen LogP contribution in [0.4, 0.5) is 17.1 Å². The van der Waals surface area contributed by atoms with Gasteiger partial charge in [-0.1, -0.05) is 26.0 Å². The van der Waals surface area contributed by atoms with Gasteiger partial charge in [0.1, 0.15) is 18.1 Å². The fourth-order valence-electron chi connectivity index (χ4n) is 10.1. The van der Waals surface area contributed by atoms with Gasteiger partial charge in [-0.25, -0.2) is 0 Å². The molecule has 0 saturated carbocycles. The summed E-state index contributed by atoms with van der Waals surface area (Å²) in [6.45, 7) is 13.1. The predicted octanol–water partition coefficient (Wildman–Crippen LogP) is 5.70. The molecule has 0 spiro atoms. The largest absolute Gasteiger partial charge is 0.493 e. The van der Waals surface area contributed by atoms with Gasteiger partial charge in [0.2, 0.25) is 29.5 Å². The number of carbonyl (C=O) groups is 9. The summed E-state index contributed by atoms with van der Waals surface area (Å²) in [7, 11) is 3.02. The fourth-order valence-corrected chi connectivity index (χ4v) is 10.1. The van der Waals surface area contributed by atoms with Crippen LogP contribution in [0.3, 0.4) is 0 Å². The van der Waals surface area contributed by atoms with Crippen LogP contribution >= 0.6 is 0 Å². The van der Waals surface area contributed by atoms with Crippen LogP contribution in [0.1, 0.15) is 120 Å². The molecule has 1 fully saturated rings. The smallest absolute Gasteiger partial charge is 0.260 e. The van der Waals surface area contributed by atoms with Crippen molar-refractivity contribution in [1.82, 2.24) is 30.7 Å². The van der Waals surface area contributed by atoms with Gasteiger partial charge in [0.15, 0.2) is 23.0 Å². The van der Waals surface area contributed by atoms with Crippen LogP contribution in [0.25, 0.3) is 5.57 Å². The van der Waals surface area contributed by atoms with Crippen LogP contribution in [0.5, 0.6) is 23.0 Å². The molecule has 0 bridgehead atoms. The van der Waals surface area contributed by atoms with Gasteiger partial charge in [0, 0.05) is 74.9 Å². The van der Waals surface area contributed by atoms with Crippen molar-refractivity contribution >= 4 is 82.0 Å². The number of amides is 9. The Labute approximate surface area is 488 Å². The van der Waals surface area contributed by atoms with Crippen LogP contribution in [0, 0.1) is 11.3 Å². The lowest BCUT2D eigenvalue weighted by Gasteiger charge is -2.33. The van der Waals surface area contributed by atoms with Gasteiger partial charge in [-0.05, 0) is 108 Å². The number of hydrogen-bond acceptors (Lipinski definition) is 15. The maximum Gasteiger partial charge on any atom is 0.260 e. The molecule has 3 aromatic rings. The minimum absolute atomic E-state index is 0.0532. The number of methoxy groups -OCH3 is 2. The Kier molecular flexibility index (Phi) is 19.3. The van der Waals surface area contributed by atoms with E-state index in [1.165, 1.54) is 14.2 Å². The molecule has 448 valence electrons. The summed E-state index contributed by atoms with van der Waals surface area (Å²) in [5, 5.41) is 14.0. The fraction of sp³-hybridized carbons (Fsp3) is 0.475. The first-order chi connectivity index (χ1) is 40.0. The Bertz CT molecular complexity index is 3150. The summed E-state index contributed by atoms with van der Waals surface area (Å²) in [5.74, 6) is -2.15. The van der Waals surface area contributed by atoms with E-state index in [2.05, 4.69) is 26.6 Å². The number of ether oxygens (including phenoxy) is 5. The van der Waals surface area contributed by atoms with Crippen molar-refractivity contribution in [3.8, 4) is 23.0 Å². The van der Waals surface area contributed by atoms with E-state index in [0.29, 0.717) is 96.6 Å². The molecule has 23 nitrogen and oxygen atoms in total. The molecule has 3 aromatic carbocycles.